The SMILES string of the molecule is CC(C)COC(=O)Nc1nc(CC(=O)N2c3ccccc3CC2C)cs1. The zero-order chi connectivity index (χ0) is 18.7. The van der Waals surface area contributed by atoms with Gasteiger partial charge in [0, 0.05) is 17.1 Å². The molecule has 3 rings (SSSR count). The van der Waals surface area contributed by atoms with E-state index in [1.807, 2.05) is 36.9 Å². The van der Waals surface area contributed by atoms with Gasteiger partial charge in [0.1, 0.15) is 0 Å². The van der Waals surface area contributed by atoms with Crippen molar-refractivity contribution >= 4 is 34.2 Å². The summed E-state index contributed by atoms with van der Waals surface area (Å²) in [4.78, 5) is 30.6. The van der Waals surface area contributed by atoms with Crippen molar-refractivity contribution in [3.63, 3.8) is 0 Å². The minimum Gasteiger partial charge on any atom is -0.449 e. The van der Waals surface area contributed by atoms with E-state index in [1.54, 1.807) is 5.38 Å². The lowest BCUT2D eigenvalue weighted by Gasteiger charge is -2.22. The summed E-state index contributed by atoms with van der Waals surface area (Å²) in [6.07, 6.45) is 0.554. The van der Waals surface area contributed by atoms with Crippen LogP contribution < -0.4 is 10.2 Å². The molecule has 2 aromatic rings. The number of anilines is 2. The second kappa shape index (κ2) is 7.86. The van der Waals surface area contributed by atoms with E-state index in [4.69, 9.17) is 4.74 Å². The molecule has 1 unspecified atom stereocenters. The highest BCUT2D eigenvalue weighted by molar-refractivity contribution is 7.13. The maximum atomic E-state index is 12.8. The lowest BCUT2D eigenvalue weighted by atomic mass is 10.1. The van der Waals surface area contributed by atoms with Crippen molar-refractivity contribution in [2.45, 2.75) is 39.7 Å². The number of ether oxygens (including phenoxy) is 1. The number of nitrogens with one attached hydrogen (secondary N) is 1. The van der Waals surface area contributed by atoms with E-state index in [9.17, 15) is 9.59 Å². The number of amides is 2. The van der Waals surface area contributed by atoms with E-state index in [0.29, 0.717) is 17.4 Å². The predicted octanol–water partition coefficient (Wildman–Crippen LogP) is 3.87. The van der Waals surface area contributed by atoms with Crippen LogP contribution in [0.1, 0.15) is 32.0 Å². The van der Waals surface area contributed by atoms with Gasteiger partial charge < -0.3 is 9.64 Å². The van der Waals surface area contributed by atoms with Crippen molar-refractivity contribution in [3.8, 4) is 0 Å². The molecule has 0 bridgehead atoms. The molecule has 0 spiro atoms. The Morgan fingerprint density at radius 2 is 2.15 bits per heavy atom. The van der Waals surface area contributed by atoms with Crippen LogP contribution in [-0.2, 0) is 22.4 Å². The molecule has 1 aliphatic heterocycles. The number of rotatable bonds is 5. The number of para-hydroxylation sites is 1. The molecular formula is C19H23N3O3S. The number of nitrogens with zero attached hydrogens (tertiary/aromatic N) is 2. The van der Waals surface area contributed by atoms with E-state index in [-0.39, 0.29) is 24.3 Å². The number of hydrogen-bond donors (Lipinski definition) is 1. The fraction of sp³-hybridized carbons (Fsp3) is 0.421. The zero-order valence-electron chi connectivity index (χ0n) is 15.2. The average molecular weight is 373 g/mol. The van der Waals surface area contributed by atoms with E-state index >= 15 is 0 Å². The minimum absolute atomic E-state index is 0.0154. The summed E-state index contributed by atoms with van der Waals surface area (Å²) in [5.41, 5.74) is 2.83. The van der Waals surface area contributed by atoms with Crippen LogP contribution in [0.5, 0.6) is 0 Å². The molecule has 0 saturated carbocycles. The summed E-state index contributed by atoms with van der Waals surface area (Å²) in [6, 6.07) is 8.13. The summed E-state index contributed by atoms with van der Waals surface area (Å²) in [7, 11) is 0. The standard InChI is InChI=1S/C19H23N3O3S/c1-12(2)10-25-19(24)21-18-20-15(11-26-18)9-17(23)22-13(3)8-14-6-4-5-7-16(14)22/h4-7,11-13H,8-10H2,1-3H3,(H,20,21,24). The molecular weight excluding hydrogens is 350 g/mol. The van der Waals surface area contributed by atoms with Gasteiger partial charge in [-0.15, -0.1) is 11.3 Å². The van der Waals surface area contributed by atoms with Crippen LogP contribution in [-0.4, -0.2) is 29.6 Å². The molecule has 7 heteroatoms. The number of hydrogen-bond acceptors (Lipinski definition) is 5. The van der Waals surface area contributed by atoms with Crippen LogP contribution >= 0.6 is 11.3 Å². The summed E-state index contributed by atoms with van der Waals surface area (Å²) >= 11 is 1.29. The van der Waals surface area contributed by atoms with Gasteiger partial charge in [0.15, 0.2) is 5.13 Å². The van der Waals surface area contributed by atoms with Crippen LogP contribution in [0.3, 0.4) is 0 Å². The molecule has 1 aromatic carbocycles. The number of carbonyl (C=O) groups is 2. The number of fused-ring (bicyclic) bond motifs is 1. The molecule has 0 saturated heterocycles. The lowest BCUT2D eigenvalue weighted by molar-refractivity contribution is -0.118. The van der Waals surface area contributed by atoms with Crippen molar-refractivity contribution in [3.05, 3.63) is 40.9 Å². The highest BCUT2D eigenvalue weighted by Gasteiger charge is 2.30. The van der Waals surface area contributed by atoms with Gasteiger partial charge in [0.25, 0.3) is 0 Å². The zero-order valence-corrected chi connectivity index (χ0v) is 16.0. The molecule has 26 heavy (non-hydrogen) atoms. The van der Waals surface area contributed by atoms with Gasteiger partial charge in [-0.2, -0.15) is 0 Å². The Kier molecular flexibility index (Phi) is 5.56. The molecule has 2 heterocycles. The minimum atomic E-state index is -0.520. The predicted molar refractivity (Wildman–Crippen MR) is 103 cm³/mol. The fourth-order valence-corrected chi connectivity index (χ4v) is 3.69. The van der Waals surface area contributed by atoms with Crippen LogP contribution in [0.2, 0.25) is 0 Å². The largest absolute Gasteiger partial charge is 0.449 e. The molecule has 1 aliphatic rings. The van der Waals surface area contributed by atoms with Gasteiger partial charge in [-0.3, -0.25) is 10.1 Å². The first-order chi connectivity index (χ1) is 12.4. The highest BCUT2D eigenvalue weighted by atomic mass is 32.1. The lowest BCUT2D eigenvalue weighted by Crippen LogP contribution is -2.36. The Morgan fingerprint density at radius 3 is 2.92 bits per heavy atom. The maximum absolute atomic E-state index is 12.8. The monoisotopic (exact) mass is 373 g/mol. The van der Waals surface area contributed by atoms with Crippen molar-refractivity contribution < 1.29 is 14.3 Å². The molecule has 0 radical (unpaired) electrons. The first-order valence-corrected chi connectivity index (χ1v) is 9.60. The smallest absolute Gasteiger partial charge is 0.413 e. The molecule has 1 atom stereocenters. The summed E-state index contributed by atoms with van der Waals surface area (Å²) in [5.74, 6) is 0.289. The first-order valence-electron chi connectivity index (χ1n) is 8.72. The van der Waals surface area contributed by atoms with Gasteiger partial charge in [0.05, 0.1) is 18.7 Å². The second-order valence-electron chi connectivity index (χ2n) is 6.88. The third-order valence-corrected chi connectivity index (χ3v) is 4.92. The summed E-state index contributed by atoms with van der Waals surface area (Å²) in [5, 5.41) is 4.84. The normalized spacial score (nSPS) is 15.8. The molecule has 138 valence electrons. The highest BCUT2D eigenvalue weighted by Crippen LogP contribution is 2.32. The van der Waals surface area contributed by atoms with Crippen LogP contribution in [0.15, 0.2) is 29.6 Å². The quantitative estimate of drug-likeness (QED) is 0.864. The molecule has 1 N–H and O–H groups in total. The van der Waals surface area contributed by atoms with Crippen molar-refractivity contribution in [2.24, 2.45) is 5.92 Å². The molecule has 0 aliphatic carbocycles. The molecule has 0 fully saturated rings. The molecule has 6 nitrogen and oxygen atoms in total. The maximum Gasteiger partial charge on any atom is 0.413 e. The Hall–Kier alpha value is -2.41. The van der Waals surface area contributed by atoms with E-state index < -0.39 is 6.09 Å². The van der Waals surface area contributed by atoms with Crippen molar-refractivity contribution in [1.82, 2.24) is 4.98 Å². The Morgan fingerprint density at radius 1 is 1.38 bits per heavy atom. The van der Waals surface area contributed by atoms with E-state index in [2.05, 4.69) is 23.3 Å². The fourth-order valence-electron chi connectivity index (χ4n) is 3.00. The molecule has 1 aromatic heterocycles. The van der Waals surface area contributed by atoms with Crippen LogP contribution in [0, 0.1) is 5.92 Å². The van der Waals surface area contributed by atoms with Gasteiger partial charge in [-0.25, -0.2) is 9.78 Å². The number of benzene rings is 1. The van der Waals surface area contributed by atoms with Gasteiger partial charge >= 0.3 is 6.09 Å². The third-order valence-electron chi connectivity index (χ3n) is 4.12. The molecule has 2 amide bonds. The Balaban J connectivity index is 1.61. The Labute approximate surface area is 157 Å². The van der Waals surface area contributed by atoms with Crippen molar-refractivity contribution in [2.75, 3.05) is 16.8 Å². The Bertz CT molecular complexity index is 803. The van der Waals surface area contributed by atoms with Crippen LogP contribution in [0.4, 0.5) is 15.6 Å². The van der Waals surface area contributed by atoms with Gasteiger partial charge in [-0.1, -0.05) is 32.0 Å². The van der Waals surface area contributed by atoms with Crippen LogP contribution in [0.25, 0.3) is 0 Å². The summed E-state index contributed by atoms with van der Waals surface area (Å²) < 4.78 is 5.07. The summed E-state index contributed by atoms with van der Waals surface area (Å²) in [6.45, 7) is 6.35. The van der Waals surface area contributed by atoms with E-state index in [0.717, 1.165) is 12.1 Å². The number of aromatic nitrogens is 1. The van der Waals surface area contributed by atoms with E-state index in [1.165, 1.54) is 16.9 Å². The van der Waals surface area contributed by atoms with Crippen molar-refractivity contribution in [1.29, 1.82) is 0 Å². The van der Waals surface area contributed by atoms with Gasteiger partial charge in [0.2, 0.25) is 5.91 Å². The number of thiazole rings is 1. The first kappa shape index (κ1) is 18.4. The van der Waals surface area contributed by atoms with Gasteiger partial charge in [-0.05, 0) is 30.9 Å². The average Bonchev–Trinajstić information content (AvgIpc) is 3.15. The second-order valence-corrected chi connectivity index (χ2v) is 7.74. The third kappa shape index (κ3) is 4.22. The topological polar surface area (TPSA) is 71.5 Å². The number of carbonyl (C=O) groups excluding carboxylic acids is 2.